The number of pyridine rings is 1. The fraction of sp³-hybridized carbons (Fsp3) is 0. The fourth-order valence-electron chi connectivity index (χ4n) is 1.01. The van der Waals surface area contributed by atoms with Gasteiger partial charge in [0.2, 0.25) is 0 Å². The van der Waals surface area contributed by atoms with Crippen LogP contribution in [-0.4, -0.2) is 10.1 Å². The van der Waals surface area contributed by atoms with Crippen LogP contribution in [0.4, 0.5) is 0 Å². The first-order valence-corrected chi connectivity index (χ1v) is 5.38. The minimum Gasteiger partial charge on any atom is -0.506 e. The molecule has 0 spiro atoms. The molecule has 2 heterocycles. The first-order valence-electron chi connectivity index (χ1n) is 3.64. The van der Waals surface area contributed by atoms with Crippen molar-refractivity contribution in [2.24, 2.45) is 0 Å². The number of nitrogens with zero attached hydrogens (tertiary/aromatic N) is 1. The fourth-order valence-corrected chi connectivity index (χ4v) is 2.50. The average molecular weight is 256 g/mol. The van der Waals surface area contributed by atoms with Crippen LogP contribution < -0.4 is 0 Å². The predicted molar refractivity (Wildman–Crippen MR) is 56.9 cm³/mol. The zero-order valence-corrected chi connectivity index (χ0v) is 8.97. The number of aromatic nitrogens is 1. The number of hydrogen-bond acceptors (Lipinski definition) is 3. The molecule has 0 saturated carbocycles. The van der Waals surface area contributed by atoms with Gasteiger partial charge in [0.05, 0.1) is 11.9 Å². The Morgan fingerprint density at radius 2 is 2.15 bits per heavy atom. The molecule has 0 amide bonds. The van der Waals surface area contributed by atoms with Crippen LogP contribution in [0, 0.1) is 0 Å². The van der Waals surface area contributed by atoms with E-state index in [1.807, 2.05) is 10.8 Å². The van der Waals surface area contributed by atoms with Gasteiger partial charge in [-0.3, -0.25) is 4.98 Å². The molecule has 2 rings (SSSR count). The second kappa shape index (κ2) is 3.47. The van der Waals surface area contributed by atoms with Gasteiger partial charge in [0, 0.05) is 20.8 Å². The van der Waals surface area contributed by atoms with Gasteiger partial charge in [-0.1, -0.05) is 0 Å². The van der Waals surface area contributed by atoms with Crippen LogP contribution in [0.1, 0.15) is 0 Å². The normalized spacial score (nSPS) is 10.2. The van der Waals surface area contributed by atoms with Crippen LogP contribution in [-0.2, 0) is 0 Å². The molecule has 2 aromatic heterocycles. The molecule has 2 nitrogen and oxygen atoms in total. The largest absolute Gasteiger partial charge is 0.506 e. The first kappa shape index (κ1) is 8.72. The molecule has 13 heavy (non-hydrogen) atoms. The minimum atomic E-state index is 0.190. The summed E-state index contributed by atoms with van der Waals surface area (Å²) in [5.74, 6) is 0.190. The van der Waals surface area contributed by atoms with E-state index in [2.05, 4.69) is 20.9 Å². The molecule has 0 aliphatic heterocycles. The summed E-state index contributed by atoms with van der Waals surface area (Å²) in [7, 11) is 0. The molecule has 0 saturated heterocycles. The highest BCUT2D eigenvalue weighted by atomic mass is 79.9. The highest BCUT2D eigenvalue weighted by Crippen LogP contribution is 2.30. The van der Waals surface area contributed by atoms with Crippen molar-refractivity contribution in [2.75, 3.05) is 0 Å². The summed E-state index contributed by atoms with van der Waals surface area (Å²) in [5.41, 5.74) is 1.93. The maximum absolute atomic E-state index is 9.05. The molecule has 0 radical (unpaired) electrons. The molecular weight excluding hydrogens is 250 g/mol. The van der Waals surface area contributed by atoms with E-state index in [9.17, 15) is 0 Å². The van der Waals surface area contributed by atoms with Crippen LogP contribution >= 0.6 is 27.3 Å². The van der Waals surface area contributed by atoms with Gasteiger partial charge in [-0.15, -0.1) is 0 Å². The monoisotopic (exact) mass is 255 g/mol. The van der Waals surface area contributed by atoms with Crippen LogP contribution in [0.25, 0.3) is 11.3 Å². The molecule has 0 fully saturated rings. The predicted octanol–water partition coefficient (Wildman–Crippen LogP) is 3.28. The van der Waals surface area contributed by atoms with Crippen molar-refractivity contribution >= 4 is 27.3 Å². The lowest BCUT2D eigenvalue weighted by molar-refractivity contribution is 0.473. The molecule has 66 valence electrons. The van der Waals surface area contributed by atoms with E-state index >= 15 is 0 Å². The van der Waals surface area contributed by atoms with Gasteiger partial charge < -0.3 is 5.11 Å². The lowest BCUT2D eigenvalue weighted by Crippen LogP contribution is -1.79. The molecule has 0 aliphatic rings. The van der Waals surface area contributed by atoms with Gasteiger partial charge in [-0.25, -0.2) is 0 Å². The zero-order chi connectivity index (χ0) is 9.26. The van der Waals surface area contributed by atoms with E-state index in [0.29, 0.717) is 0 Å². The minimum absolute atomic E-state index is 0.190. The Morgan fingerprint density at radius 3 is 2.69 bits per heavy atom. The molecule has 0 bridgehead atoms. The average Bonchev–Trinajstić information content (AvgIpc) is 2.53. The Labute approximate surface area is 88.0 Å². The number of aromatic hydroxyl groups is 1. The molecule has 1 N–H and O–H groups in total. The lowest BCUT2D eigenvalue weighted by atomic mass is 10.2. The molecule has 0 aromatic carbocycles. The second-order valence-corrected chi connectivity index (χ2v) is 4.13. The van der Waals surface area contributed by atoms with Gasteiger partial charge in [-0.05, 0) is 28.1 Å². The van der Waals surface area contributed by atoms with E-state index < -0.39 is 0 Å². The second-order valence-electron chi connectivity index (χ2n) is 2.54. The van der Waals surface area contributed by atoms with Crippen LogP contribution in [0.2, 0.25) is 0 Å². The Kier molecular flexibility index (Phi) is 2.33. The Bertz CT molecular complexity index is 410. The van der Waals surface area contributed by atoms with Crippen molar-refractivity contribution < 1.29 is 5.11 Å². The zero-order valence-electron chi connectivity index (χ0n) is 6.57. The molecule has 0 atom stereocenters. The van der Waals surface area contributed by atoms with Crippen molar-refractivity contribution in [1.29, 1.82) is 0 Å². The highest BCUT2D eigenvalue weighted by molar-refractivity contribution is 9.10. The van der Waals surface area contributed by atoms with Gasteiger partial charge >= 0.3 is 0 Å². The Balaban J connectivity index is 2.47. The van der Waals surface area contributed by atoms with Crippen molar-refractivity contribution in [3.63, 3.8) is 0 Å². The maximum atomic E-state index is 9.05. The Morgan fingerprint density at radius 1 is 1.31 bits per heavy atom. The standard InChI is InChI=1S/C9H6BrNOS/c10-8-5-13-4-7(8)9-2-1-6(12)3-11-9/h1-5,12H. The SMILES string of the molecule is Oc1ccc(-c2cscc2Br)nc1. The third kappa shape index (κ3) is 1.73. The number of rotatable bonds is 1. The molecule has 4 heteroatoms. The van der Waals surface area contributed by atoms with Gasteiger partial charge in [-0.2, -0.15) is 11.3 Å². The Hall–Kier alpha value is -0.870. The van der Waals surface area contributed by atoms with E-state index in [4.69, 9.17) is 5.11 Å². The quantitative estimate of drug-likeness (QED) is 0.849. The van der Waals surface area contributed by atoms with E-state index in [0.717, 1.165) is 15.7 Å². The number of hydrogen-bond donors (Lipinski definition) is 1. The van der Waals surface area contributed by atoms with Crippen molar-refractivity contribution in [2.45, 2.75) is 0 Å². The molecule has 2 aromatic rings. The summed E-state index contributed by atoms with van der Waals surface area (Å²) in [6.45, 7) is 0. The van der Waals surface area contributed by atoms with Crippen LogP contribution in [0.15, 0.2) is 33.6 Å². The smallest absolute Gasteiger partial charge is 0.133 e. The van der Waals surface area contributed by atoms with Crippen LogP contribution in [0.5, 0.6) is 5.75 Å². The molecular formula is C9H6BrNOS. The maximum Gasteiger partial charge on any atom is 0.133 e. The van der Waals surface area contributed by atoms with E-state index in [-0.39, 0.29) is 5.75 Å². The van der Waals surface area contributed by atoms with Gasteiger partial charge in [0.25, 0.3) is 0 Å². The summed E-state index contributed by atoms with van der Waals surface area (Å²) in [6, 6.07) is 3.43. The highest BCUT2D eigenvalue weighted by Gasteiger charge is 2.04. The summed E-state index contributed by atoms with van der Waals surface area (Å²) in [5, 5.41) is 13.1. The van der Waals surface area contributed by atoms with Crippen molar-refractivity contribution in [3.8, 4) is 17.0 Å². The summed E-state index contributed by atoms with van der Waals surface area (Å²) < 4.78 is 1.04. The summed E-state index contributed by atoms with van der Waals surface area (Å²) in [6.07, 6.45) is 1.44. The van der Waals surface area contributed by atoms with E-state index in [1.54, 1.807) is 23.5 Å². The van der Waals surface area contributed by atoms with Gasteiger partial charge in [0.1, 0.15) is 5.75 Å². The topological polar surface area (TPSA) is 33.1 Å². The van der Waals surface area contributed by atoms with Crippen LogP contribution in [0.3, 0.4) is 0 Å². The third-order valence-corrected chi connectivity index (χ3v) is 3.34. The number of halogens is 1. The molecule has 0 aliphatic carbocycles. The lowest BCUT2D eigenvalue weighted by Gasteiger charge is -1.97. The third-order valence-electron chi connectivity index (χ3n) is 1.64. The van der Waals surface area contributed by atoms with Crippen molar-refractivity contribution in [3.05, 3.63) is 33.6 Å². The van der Waals surface area contributed by atoms with Crippen molar-refractivity contribution in [1.82, 2.24) is 4.98 Å². The summed E-state index contributed by atoms with van der Waals surface area (Å²) in [4.78, 5) is 4.11. The molecule has 0 unspecified atom stereocenters. The first-order chi connectivity index (χ1) is 6.27. The summed E-state index contributed by atoms with van der Waals surface area (Å²) >= 11 is 5.05. The van der Waals surface area contributed by atoms with E-state index in [1.165, 1.54) is 6.20 Å². The number of thiophene rings is 1. The van der Waals surface area contributed by atoms with Gasteiger partial charge in [0.15, 0.2) is 0 Å².